The Hall–Kier alpha value is -1.91. The first-order chi connectivity index (χ1) is 9.67. The Labute approximate surface area is 118 Å². The first-order valence-corrected chi connectivity index (χ1v) is 6.99. The van der Waals surface area contributed by atoms with Crippen LogP contribution in [-0.4, -0.2) is 29.7 Å². The number of hydrogen-bond acceptors (Lipinski definition) is 3. The quantitative estimate of drug-likeness (QED) is 0.616. The zero-order valence-corrected chi connectivity index (χ0v) is 12.2. The molecule has 108 valence electrons. The Bertz CT molecular complexity index is 599. The predicted molar refractivity (Wildman–Crippen MR) is 76.5 cm³/mol. The lowest BCUT2D eigenvalue weighted by atomic mass is 9.92. The van der Waals surface area contributed by atoms with E-state index in [1.807, 2.05) is 6.92 Å². The first-order valence-electron chi connectivity index (χ1n) is 6.99. The second-order valence-electron chi connectivity index (χ2n) is 5.38. The van der Waals surface area contributed by atoms with Gasteiger partial charge in [0.05, 0.1) is 25.7 Å². The Morgan fingerprint density at radius 1 is 1.35 bits per heavy atom. The molecule has 0 fully saturated rings. The van der Waals surface area contributed by atoms with E-state index in [1.165, 1.54) is 0 Å². The maximum atomic E-state index is 12.4. The number of rotatable bonds is 2. The molecular formula is C15H20N2O3. The van der Waals surface area contributed by atoms with Crippen molar-refractivity contribution in [2.45, 2.75) is 32.7 Å². The van der Waals surface area contributed by atoms with Crippen LogP contribution in [0.3, 0.4) is 0 Å². The third-order valence-corrected chi connectivity index (χ3v) is 4.25. The highest BCUT2D eigenvalue weighted by Crippen LogP contribution is 2.38. The van der Waals surface area contributed by atoms with Crippen molar-refractivity contribution >= 4 is 6.21 Å². The van der Waals surface area contributed by atoms with E-state index in [0.29, 0.717) is 0 Å². The van der Waals surface area contributed by atoms with Crippen molar-refractivity contribution < 1.29 is 14.2 Å². The fourth-order valence-corrected chi connectivity index (χ4v) is 3.34. The molecule has 1 unspecified atom stereocenters. The van der Waals surface area contributed by atoms with Crippen LogP contribution in [0.1, 0.15) is 30.5 Å². The molecule has 0 aromatic carbocycles. The number of ether oxygens (including phenoxy) is 2. The second-order valence-corrected chi connectivity index (χ2v) is 5.38. The summed E-state index contributed by atoms with van der Waals surface area (Å²) in [4.78, 5) is 0. The minimum Gasteiger partial charge on any atom is -0.618 e. The highest BCUT2D eigenvalue weighted by molar-refractivity contribution is 5.81. The third kappa shape index (κ3) is 1.80. The van der Waals surface area contributed by atoms with E-state index >= 15 is 0 Å². The van der Waals surface area contributed by atoms with Crippen LogP contribution in [0.4, 0.5) is 0 Å². The summed E-state index contributed by atoms with van der Waals surface area (Å²) >= 11 is 0. The second kappa shape index (κ2) is 4.89. The van der Waals surface area contributed by atoms with Gasteiger partial charge in [0.2, 0.25) is 12.1 Å². The van der Waals surface area contributed by atoms with Crippen LogP contribution in [0.25, 0.3) is 0 Å². The molecule has 0 saturated heterocycles. The number of methoxy groups -OCH3 is 2. The molecule has 0 bridgehead atoms. The Morgan fingerprint density at radius 2 is 2.15 bits per heavy atom. The lowest BCUT2D eigenvalue weighted by Gasteiger charge is -2.21. The van der Waals surface area contributed by atoms with Gasteiger partial charge in [-0.25, -0.2) is 0 Å². The van der Waals surface area contributed by atoms with E-state index in [4.69, 9.17) is 9.47 Å². The van der Waals surface area contributed by atoms with E-state index in [2.05, 4.69) is 10.6 Å². The molecule has 0 N–H and O–H groups in total. The van der Waals surface area contributed by atoms with Gasteiger partial charge in [-0.3, -0.25) is 0 Å². The van der Waals surface area contributed by atoms with Gasteiger partial charge in [0.25, 0.3) is 0 Å². The summed E-state index contributed by atoms with van der Waals surface area (Å²) in [7, 11) is 3.29. The SMILES string of the molecule is COc1c(C)c(OC)n2c1C=[N+]([O-])C1=CCCCC1C2. The largest absolute Gasteiger partial charge is 0.618 e. The average molecular weight is 276 g/mol. The summed E-state index contributed by atoms with van der Waals surface area (Å²) in [5.74, 6) is 1.76. The van der Waals surface area contributed by atoms with Crippen LogP contribution in [-0.2, 0) is 6.54 Å². The highest BCUT2D eigenvalue weighted by Gasteiger charge is 2.33. The molecule has 5 nitrogen and oxygen atoms in total. The summed E-state index contributed by atoms with van der Waals surface area (Å²) in [6.45, 7) is 2.73. The summed E-state index contributed by atoms with van der Waals surface area (Å²) in [5, 5.41) is 12.4. The van der Waals surface area contributed by atoms with E-state index in [9.17, 15) is 5.21 Å². The number of fused-ring (bicyclic) bond motifs is 2. The van der Waals surface area contributed by atoms with Crippen molar-refractivity contribution in [3.05, 3.63) is 28.2 Å². The fourth-order valence-electron chi connectivity index (χ4n) is 3.34. The van der Waals surface area contributed by atoms with Crippen LogP contribution in [0.5, 0.6) is 11.6 Å². The fraction of sp³-hybridized carbons (Fsp3) is 0.533. The van der Waals surface area contributed by atoms with Gasteiger partial charge in [0.15, 0.2) is 17.1 Å². The van der Waals surface area contributed by atoms with Crippen molar-refractivity contribution in [1.29, 1.82) is 0 Å². The van der Waals surface area contributed by atoms with Gasteiger partial charge in [-0.05, 0) is 32.3 Å². The van der Waals surface area contributed by atoms with Crippen LogP contribution >= 0.6 is 0 Å². The molecule has 0 radical (unpaired) electrons. The van der Waals surface area contributed by atoms with Crippen molar-refractivity contribution in [1.82, 2.24) is 4.57 Å². The molecule has 0 spiro atoms. The van der Waals surface area contributed by atoms with Crippen LogP contribution < -0.4 is 9.47 Å². The molecule has 1 aromatic rings. The molecule has 1 aliphatic heterocycles. The third-order valence-electron chi connectivity index (χ3n) is 4.25. The number of hydroxylamine groups is 1. The molecule has 2 aliphatic rings. The summed E-state index contributed by atoms with van der Waals surface area (Å²) in [6.07, 6.45) is 6.85. The smallest absolute Gasteiger partial charge is 0.208 e. The highest BCUT2D eigenvalue weighted by atomic mass is 16.5. The van der Waals surface area contributed by atoms with Gasteiger partial charge in [0.1, 0.15) is 0 Å². The maximum Gasteiger partial charge on any atom is 0.208 e. The van der Waals surface area contributed by atoms with Gasteiger partial charge in [0, 0.05) is 6.54 Å². The normalized spacial score (nSPS) is 21.2. The van der Waals surface area contributed by atoms with Crippen molar-refractivity contribution in [2.24, 2.45) is 5.92 Å². The minimum absolute atomic E-state index is 0.254. The van der Waals surface area contributed by atoms with E-state index in [1.54, 1.807) is 20.4 Å². The molecule has 1 atom stereocenters. The van der Waals surface area contributed by atoms with Gasteiger partial charge in [-0.1, -0.05) is 0 Å². The van der Waals surface area contributed by atoms with Crippen molar-refractivity contribution in [3.8, 4) is 11.6 Å². The Balaban J connectivity index is 2.20. The summed E-state index contributed by atoms with van der Waals surface area (Å²) in [6, 6.07) is 0. The Morgan fingerprint density at radius 3 is 2.85 bits per heavy atom. The van der Waals surface area contributed by atoms with Gasteiger partial charge in [-0.15, -0.1) is 0 Å². The zero-order chi connectivity index (χ0) is 14.3. The van der Waals surface area contributed by atoms with Crippen LogP contribution in [0.2, 0.25) is 0 Å². The van der Waals surface area contributed by atoms with E-state index in [-0.39, 0.29) is 5.92 Å². The first kappa shape index (κ1) is 13.1. The maximum absolute atomic E-state index is 12.4. The number of allylic oxidation sites excluding steroid dienone is 2. The number of nitrogens with zero attached hydrogens (tertiary/aromatic N) is 2. The molecule has 3 rings (SSSR count). The monoisotopic (exact) mass is 276 g/mol. The molecule has 0 amide bonds. The molecule has 0 saturated carbocycles. The molecule has 1 aromatic heterocycles. The van der Waals surface area contributed by atoms with E-state index < -0.39 is 0 Å². The zero-order valence-electron chi connectivity index (χ0n) is 12.2. The van der Waals surface area contributed by atoms with Crippen LogP contribution in [0, 0.1) is 18.0 Å². The Kier molecular flexibility index (Phi) is 3.20. The lowest BCUT2D eigenvalue weighted by molar-refractivity contribution is -0.406. The van der Waals surface area contributed by atoms with Crippen molar-refractivity contribution in [2.75, 3.05) is 14.2 Å². The average Bonchev–Trinajstić information content (AvgIpc) is 2.61. The summed E-state index contributed by atoms with van der Waals surface area (Å²) in [5.41, 5.74) is 2.62. The van der Waals surface area contributed by atoms with Gasteiger partial charge in [-0.2, -0.15) is 4.74 Å². The number of hydrogen-bond donors (Lipinski definition) is 0. The van der Waals surface area contributed by atoms with Crippen molar-refractivity contribution in [3.63, 3.8) is 0 Å². The van der Waals surface area contributed by atoms with Crippen LogP contribution in [0.15, 0.2) is 11.8 Å². The molecule has 1 aliphatic carbocycles. The molecule has 5 heteroatoms. The lowest BCUT2D eigenvalue weighted by Crippen LogP contribution is -2.19. The number of aromatic nitrogens is 1. The summed E-state index contributed by atoms with van der Waals surface area (Å²) < 4.78 is 14.1. The molecular weight excluding hydrogens is 256 g/mol. The molecule has 2 heterocycles. The topological polar surface area (TPSA) is 49.5 Å². The minimum atomic E-state index is 0.254. The predicted octanol–water partition coefficient (Wildman–Crippen LogP) is 2.44. The standard InChI is InChI=1S/C15H20N2O3/c1-10-14(19-2)13-9-17(18)12-7-5-4-6-11(12)8-16(13)15(10)20-3/h7,9,11H,4-6,8H2,1-3H3. The molecule has 20 heavy (non-hydrogen) atoms. The van der Waals surface area contributed by atoms with E-state index in [0.717, 1.165) is 59.1 Å². The van der Waals surface area contributed by atoms with Gasteiger partial charge < -0.3 is 19.2 Å². The van der Waals surface area contributed by atoms with Gasteiger partial charge >= 0.3 is 0 Å².